The van der Waals surface area contributed by atoms with Gasteiger partial charge in [-0.15, -0.1) is 0 Å². The molecule has 4 rings (SSSR count). The largest absolute Gasteiger partial charge is 0.462 e. The van der Waals surface area contributed by atoms with E-state index in [1.165, 1.54) is 5.56 Å². The van der Waals surface area contributed by atoms with E-state index in [9.17, 15) is 4.79 Å². The van der Waals surface area contributed by atoms with Crippen molar-refractivity contribution in [2.24, 2.45) is 0 Å². The van der Waals surface area contributed by atoms with Gasteiger partial charge in [-0.1, -0.05) is 30.0 Å². The van der Waals surface area contributed by atoms with Crippen LogP contribution in [0.3, 0.4) is 0 Å². The molecule has 0 unspecified atom stereocenters. The molecule has 32 heavy (non-hydrogen) atoms. The Balaban J connectivity index is 1.46. The summed E-state index contributed by atoms with van der Waals surface area (Å²) in [6.07, 6.45) is 3.42. The minimum Gasteiger partial charge on any atom is -0.462 e. The van der Waals surface area contributed by atoms with Crippen LogP contribution < -0.4 is 4.90 Å². The first-order valence-electron chi connectivity index (χ1n) is 10.4. The number of nitrogens with zero attached hydrogens (tertiary/aromatic N) is 4. The molecule has 0 saturated carbocycles. The Bertz CT molecular complexity index is 1090. The number of hydrogen-bond donors (Lipinski definition) is 0. The highest BCUT2D eigenvalue weighted by molar-refractivity contribution is 7.99. The van der Waals surface area contributed by atoms with Gasteiger partial charge in [0.1, 0.15) is 11.8 Å². The SMILES string of the molecule is CCOC(=O)c1ccc(CN(C)Cc2ccc3c(c2)N(COC)c2nccnc2S3)cc1. The van der Waals surface area contributed by atoms with Crippen LogP contribution in [0.4, 0.5) is 11.5 Å². The third kappa shape index (κ3) is 4.93. The predicted octanol–water partition coefficient (Wildman–Crippen LogP) is 4.49. The number of rotatable bonds is 8. The zero-order valence-electron chi connectivity index (χ0n) is 18.4. The van der Waals surface area contributed by atoms with Crippen molar-refractivity contribution in [2.75, 3.05) is 32.4 Å². The zero-order valence-corrected chi connectivity index (χ0v) is 19.3. The molecule has 1 aromatic heterocycles. The van der Waals surface area contributed by atoms with Crippen molar-refractivity contribution in [1.82, 2.24) is 14.9 Å². The Morgan fingerprint density at radius 2 is 1.78 bits per heavy atom. The van der Waals surface area contributed by atoms with Gasteiger partial charge in [-0.25, -0.2) is 14.8 Å². The number of aromatic nitrogens is 2. The average Bonchev–Trinajstić information content (AvgIpc) is 2.80. The van der Waals surface area contributed by atoms with Crippen LogP contribution in [0.2, 0.25) is 0 Å². The molecule has 1 aliphatic heterocycles. The van der Waals surface area contributed by atoms with Gasteiger partial charge in [0.2, 0.25) is 0 Å². The molecule has 166 valence electrons. The fourth-order valence-electron chi connectivity index (χ4n) is 3.65. The van der Waals surface area contributed by atoms with Gasteiger partial charge < -0.3 is 9.47 Å². The fraction of sp³-hybridized carbons (Fsp3) is 0.292. The predicted molar refractivity (Wildman–Crippen MR) is 124 cm³/mol. The number of carbonyl (C=O) groups is 1. The third-order valence-electron chi connectivity index (χ3n) is 5.05. The van der Waals surface area contributed by atoms with Gasteiger partial charge in [0.25, 0.3) is 0 Å². The quantitative estimate of drug-likeness (QED) is 0.465. The molecule has 0 N–H and O–H groups in total. The van der Waals surface area contributed by atoms with E-state index in [2.05, 4.69) is 45.0 Å². The molecular formula is C24H26N4O3S. The van der Waals surface area contributed by atoms with Crippen LogP contribution in [0, 0.1) is 0 Å². The molecule has 0 bridgehead atoms. The van der Waals surface area contributed by atoms with Gasteiger partial charge in [-0.05, 0) is 49.4 Å². The van der Waals surface area contributed by atoms with Crippen LogP contribution in [0.1, 0.15) is 28.4 Å². The number of benzene rings is 2. The van der Waals surface area contributed by atoms with Crippen LogP contribution in [0.5, 0.6) is 0 Å². The lowest BCUT2D eigenvalue weighted by Gasteiger charge is -2.30. The van der Waals surface area contributed by atoms with E-state index in [1.807, 2.05) is 24.3 Å². The van der Waals surface area contributed by atoms with Crippen LogP contribution >= 0.6 is 11.8 Å². The van der Waals surface area contributed by atoms with Gasteiger partial charge >= 0.3 is 5.97 Å². The number of fused-ring (bicyclic) bond motifs is 2. The molecule has 0 atom stereocenters. The number of anilines is 2. The Morgan fingerprint density at radius 1 is 1.06 bits per heavy atom. The molecule has 2 heterocycles. The first-order valence-corrected chi connectivity index (χ1v) is 11.2. The van der Waals surface area contributed by atoms with E-state index in [0.29, 0.717) is 18.9 Å². The average molecular weight is 451 g/mol. The summed E-state index contributed by atoms with van der Waals surface area (Å²) < 4.78 is 10.5. The molecule has 0 spiro atoms. The smallest absolute Gasteiger partial charge is 0.338 e. The molecule has 7 nitrogen and oxygen atoms in total. The first kappa shape index (κ1) is 22.3. The molecule has 8 heteroatoms. The van der Waals surface area contributed by atoms with Gasteiger partial charge in [-0.3, -0.25) is 9.80 Å². The standard InChI is InChI=1S/C24H26N4O3S/c1-4-31-24(29)19-8-5-17(6-9-19)14-27(2)15-18-7-10-21-20(13-18)28(16-30-3)22-23(32-21)26-12-11-25-22/h5-13H,4,14-16H2,1-3H3. The van der Waals surface area contributed by atoms with Crippen molar-refractivity contribution in [1.29, 1.82) is 0 Å². The molecule has 0 fully saturated rings. The van der Waals surface area contributed by atoms with Crippen molar-refractivity contribution in [3.05, 3.63) is 71.5 Å². The Labute approximate surface area is 192 Å². The molecule has 0 amide bonds. The summed E-state index contributed by atoms with van der Waals surface area (Å²) in [5.41, 5.74) is 3.99. The number of hydrogen-bond acceptors (Lipinski definition) is 8. The summed E-state index contributed by atoms with van der Waals surface area (Å²) in [5.74, 6) is 0.533. The van der Waals surface area contributed by atoms with Crippen molar-refractivity contribution in [3.63, 3.8) is 0 Å². The van der Waals surface area contributed by atoms with Crippen LogP contribution in [-0.2, 0) is 22.6 Å². The van der Waals surface area contributed by atoms with Crippen LogP contribution in [-0.4, -0.2) is 48.3 Å². The number of esters is 1. The Morgan fingerprint density at radius 3 is 2.53 bits per heavy atom. The molecule has 0 radical (unpaired) electrons. The van der Waals surface area contributed by atoms with Crippen molar-refractivity contribution >= 4 is 29.2 Å². The number of methoxy groups -OCH3 is 1. The highest BCUT2D eigenvalue weighted by Gasteiger charge is 2.25. The lowest BCUT2D eigenvalue weighted by molar-refractivity contribution is 0.0526. The third-order valence-corrected chi connectivity index (χ3v) is 6.10. The highest BCUT2D eigenvalue weighted by Crippen LogP contribution is 2.46. The van der Waals surface area contributed by atoms with Gasteiger partial charge in [0.05, 0.1) is 17.9 Å². The minimum atomic E-state index is -0.286. The maximum absolute atomic E-state index is 11.8. The molecule has 2 aromatic carbocycles. The van der Waals surface area contributed by atoms with Gasteiger partial charge in [0, 0.05) is 37.5 Å². The van der Waals surface area contributed by atoms with Crippen LogP contribution in [0.25, 0.3) is 0 Å². The summed E-state index contributed by atoms with van der Waals surface area (Å²) in [5, 5.41) is 0.883. The minimum absolute atomic E-state index is 0.286. The highest BCUT2D eigenvalue weighted by atomic mass is 32.2. The number of carbonyl (C=O) groups excluding carboxylic acids is 1. The Kier molecular flexibility index (Phi) is 7.04. The normalized spacial score (nSPS) is 12.4. The molecule has 1 aliphatic rings. The van der Waals surface area contributed by atoms with E-state index in [-0.39, 0.29) is 5.97 Å². The number of ether oxygens (including phenoxy) is 2. The fourth-order valence-corrected chi connectivity index (χ4v) is 4.64. The molecule has 0 saturated heterocycles. The van der Waals surface area contributed by atoms with E-state index in [0.717, 1.165) is 40.1 Å². The van der Waals surface area contributed by atoms with Crippen molar-refractivity contribution < 1.29 is 14.3 Å². The summed E-state index contributed by atoms with van der Waals surface area (Å²) in [4.78, 5) is 26.2. The summed E-state index contributed by atoms with van der Waals surface area (Å²) >= 11 is 1.63. The topological polar surface area (TPSA) is 67.8 Å². The Hall–Kier alpha value is -2.94. The second-order valence-corrected chi connectivity index (χ2v) is 8.56. The van der Waals surface area contributed by atoms with Gasteiger partial charge in [-0.2, -0.15) is 0 Å². The van der Waals surface area contributed by atoms with E-state index >= 15 is 0 Å². The zero-order chi connectivity index (χ0) is 22.5. The van der Waals surface area contributed by atoms with E-state index in [1.54, 1.807) is 38.2 Å². The van der Waals surface area contributed by atoms with E-state index < -0.39 is 0 Å². The maximum atomic E-state index is 11.8. The first-order chi connectivity index (χ1) is 15.6. The second-order valence-electron chi connectivity index (χ2n) is 7.52. The lowest BCUT2D eigenvalue weighted by atomic mass is 10.1. The lowest BCUT2D eigenvalue weighted by Crippen LogP contribution is -2.25. The molecule has 3 aromatic rings. The summed E-state index contributed by atoms with van der Waals surface area (Å²) in [7, 11) is 3.77. The van der Waals surface area contributed by atoms with Gasteiger partial charge in [0.15, 0.2) is 5.82 Å². The van der Waals surface area contributed by atoms with Crippen molar-refractivity contribution in [2.45, 2.75) is 29.9 Å². The van der Waals surface area contributed by atoms with Crippen LogP contribution in [0.15, 0.2) is 64.8 Å². The maximum Gasteiger partial charge on any atom is 0.338 e. The molecular weight excluding hydrogens is 424 g/mol. The van der Waals surface area contributed by atoms with E-state index in [4.69, 9.17) is 9.47 Å². The van der Waals surface area contributed by atoms with Crippen molar-refractivity contribution in [3.8, 4) is 0 Å². The summed E-state index contributed by atoms with van der Waals surface area (Å²) in [6, 6.07) is 14.1. The summed E-state index contributed by atoms with van der Waals surface area (Å²) in [6.45, 7) is 4.14. The second kappa shape index (κ2) is 10.1. The monoisotopic (exact) mass is 450 g/mol. The molecule has 0 aliphatic carbocycles.